The maximum absolute atomic E-state index is 11.9. The molecular formula is C12H15NO4S. The normalized spacial score (nSPS) is 11.1. The molecule has 1 aromatic rings. The van der Waals surface area contributed by atoms with Crippen LogP contribution in [0.1, 0.15) is 31.1 Å². The smallest absolute Gasteiger partial charge is 0.345 e. The summed E-state index contributed by atoms with van der Waals surface area (Å²) in [6, 6.07) is 4.42. The average Bonchev–Trinajstić information content (AvgIpc) is 2.25. The first-order valence-electron chi connectivity index (χ1n) is 5.30. The molecule has 0 saturated heterocycles. The zero-order chi connectivity index (χ0) is 13.9. The zero-order valence-corrected chi connectivity index (χ0v) is 11.5. The highest BCUT2D eigenvalue weighted by atomic mass is 32.2. The van der Waals surface area contributed by atoms with Crippen molar-refractivity contribution in [2.24, 2.45) is 0 Å². The Balaban J connectivity index is 3.19. The Morgan fingerprint density at radius 3 is 2.44 bits per heavy atom. The number of nitrogens with zero attached hydrogens (tertiary/aromatic N) is 1. The molecule has 0 aliphatic carbocycles. The van der Waals surface area contributed by atoms with Gasteiger partial charge < -0.3 is 4.74 Å². The molecule has 0 spiro atoms. The number of hydrogen-bond acceptors (Lipinski definition) is 5. The minimum atomic E-state index is -0.680. The maximum Gasteiger partial charge on any atom is 0.345 e. The minimum absolute atomic E-state index is 0.0122. The molecule has 0 radical (unpaired) electrons. The van der Waals surface area contributed by atoms with Crippen LogP contribution in [0.5, 0.6) is 0 Å². The lowest BCUT2D eigenvalue weighted by atomic mass is 10.1. The fourth-order valence-corrected chi connectivity index (χ4v) is 1.74. The molecule has 1 rings (SSSR count). The fraction of sp³-hybridized carbons (Fsp3) is 0.417. The molecule has 6 heteroatoms. The molecule has 0 unspecified atom stereocenters. The molecule has 1 aromatic carbocycles. The summed E-state index contributed by atoms with van der Waals surface area (Å²) in [4.78, 5) is 23.0. The van der Waals surface area contributed by atoms with Crippen molar-refractivity contribution in [2.45, 2.75) is 31.3 Å². The third-order valence-corrected chi connectivity index (χ3v) is 2.74. The summed E-state index contributed by atoms with van der Waals surface area (Å²) in [5.74, 6) is -0.676. The van der Waals surface area contributed by atoms with Crippen LogP contribution in [-0.4, -0.2) is 22.7 Å². The fourth-order valence-electron chi connectivity index (χ4n) is 1.30. The van der Waals surface area contributed by atoms with Crippen LogP contribution in [-0.2, 0) is 4.74 Å². The standard InChI is InChI=1S/C12H15NO4S/c1-12(2,3)17-11(14)9-7-8(18-4)5-6-10(9)13(15)16/h5-7H,1-4H3. The van der Waals surface area contributed by atoms with Crippen molar-refractivity contribution in [3.63, 3.8) is 0 Å². The predicted molar refractivity (Wildman–Crippen MR) is 70.0 cm³/mol. The summed E-state index contributed by atoms with van der Waals surface area (Å²) >= 11 is 1.41. The molecule has 0 heterocycles. The molecule has 0 fully saturated rings. The molecule has 0 amide bonds. The van der Waals surface area contributed by atoms with Gasteiger partial charge in [0.1, 0.15) is 11.2 Å². The first-order valence-corrected chi connectivity index (χ1v) is 6.53. The van der Waals surface area contributed by atoms with Crippen molar-refractivity contribution in [3.8, 4) is 0 Å². The van der Waals surface area contributed by atoms with Gasteiger partial charge in [0, 0.05) is 11.0 Å². The summed E-state index contributed by atoms with van der Waals surface area (Å²) in [5, 5.41) is 10.9. The van der Waals surface area contributed by atoms with Crippen LogP contribution in [0.3, 0.4) is 0 Å². The van der Waals surface area contributed by atoms with Gasteiger partial charge in [0.15, 0.2) is 0 Å². The number of rotatable bonds is 3. The van der Waals surface area contributed by atoms with E-state index in [-0.39, 0.29) is 11.3 Å². The third kappa shape index (κ3) is 3.73. The van der Waals surface area contributed by atoms with E-state index in [4.69, 9.17) is 4.74 Å². The molecule has 0 atom stereocenters. The van der Waals surface area contributed by atoms with Crippen LogP contribution in [0.4, 0.5) is 5.69 Å². The van der Waals surface area contributed by atoms with Crippen molar-refractivity contribution >= 4 is 23.4 Å². The van der Waals surface area contributed by atoms with Crippen LogP contribution in [0.2, 0.25) is 0 Å². The molecule has 98 valence electrons. The van der Waals surface area contributed by atoms with Gasteiger partial charge in [-0.15, -0.1) is 11.8 Å². The highest BCUT2D eigenvalue weighted by Crippen LogP contribution is 2.26. The number of thioether (sulfide) groups is 1. The van der Waals surface area contributed by atoms with Crippen molar-refractivity contribution in [1.29, 1.82) is 0 Å². The lowest BCUT2D eigenvalue weighted by Gasteiger charge is -2.19. The molecule has 0 aliphatic rings. The Kier molecular flexibility index (Phi) is 4.34. The highest BCUT2D eigenvalue weighted by molar-refractivity contribution is 7.98. The minimum Gasteiger partial charge on any atom is -0.456 e. The van der Waals surface area contributed by atoms with E-state index in [2.05, 4.69) is 0 Å². The second-order valence-corrected chi connectivity index (χ2v) is 5.52. The van der Waals surface area contributed by atoms with E-state index < -0.39 is 16.5 Å². The largest absolute Gasteiger partial charge is 0.456 e. The molecular weight excluding hydrogens is 254 g/mol. The number of hydrogen-bond donors (Lipinski definition) is 0. The average molecular weight is 269 g/mol. The van der Waals surface area contributed by atoms with Gasteiger partial charge in [-0.25, -0.2) is 4.79 Å². The number of esters is 1. The van der Waals surface area contributed by atoms with Gasteiger partial charge in [0.05, 0.1) is 4.92 Å². The SMILES string of the molecule is CSc1ccc([N+](=O)[O-])c(C(=O)OC(C)(C)C)c1. The number of nitro groups is 1. The number of nitro benzene ring substituents is 1. The lowest BCUT2D eigenvalue weighted by molar-refractivity contribution is -0.385. The number of benzene rings is 1. The highest BCUT2D eigenvalue weighted by Gasteiger charge is 2.25. The van der Waals surface area contributed by atoms with Gasteiger partial charge in [-0.2, -0.15) is 0 Å². The topological polar surface area (TPSA) is 69.4 Å². The number of ether oxygens (including phenoxy) is 1. The molecule has 18 heavy (non-hydrogen) atoms. The zero-order valence-electron chi connectivity index (χ0n) is 10.7. The predicted octanol–water partition coefficient (Wildman–Crippen LogP) is 3.27. The van der Waals surface area contributed by atoms with Crippen LogP contribution < -0.4 is 0 Å². The van der Waals surface area contributed by atoms with Crippen molar-refractivity contribution in [3.05, 3.63) is 33.9 Å². The van der Waals surface area contributed by atoms with Gasteiger partial charge in [-0.3, -0.25) is 10.1 Å². The van der Waals surface area contributed by atoms with E-state index in [1.54, 1.807) is 26.8 Å². The van der Waals surface area contributed by atoms with Gasteiger partial charge in [0.2, 0.25) is 0 Å². The summed E-state index contributed by atoms with van der Waals surface area (Å²) in [6.45, 7) is 5.15. The molecule has 0 aromatic heterocycles. The van der Waals surface area contributed by atoms with Gasteiger partial charge in [-0.1, -0.05) is 0 Å². The molecule has 0 aliphatic heterocycles. The maximum atomic E-state index is 11.9. The van der Waals surface area contributed by atoms with E-state index in [0.29, 0.717) is 0 Å². The number of carbonyl (C=O) groups is 1. The van der Waals surface area contributed by atoms with Crippen molar-refractivity contribution in [2.75, 3.05) is 6.26 Å². The first kappa shape index (κ1) is 14.5. The van der Waals surface area contributed by atoms with Gasteiger partial charge >= 0.3 is 5.97 Å². The Morgan fingerprint density at radius 2 is 2.00 bits per heavy atom. The Hall–Kier alpha value is -1.56. The summed E-state index contributed by atoms with van der Waals surface area (Å²) in [6.07, 6.45) is 1.83. The van der Waals surface area contributed by atoms with Crippen LogP contribution in [0.15, 0.2) is 23.1 Å². The third-order valence-electron chi connectivity index (χ3n) is 2.02. The van der Waals surface area contributed by atoms with Crippen molar-refractivity contribution < 1.29 is 14.5 Å². The quantitative estimate of drug-likeness (QED) is 0.364. The van der Waals surface area contributed by atoms with Gasteiger partial charge in [0.25, 0.3) is 5.69 Å². The molecule has 0 bridgehead atoms. The van der Waals surface area contributed by atoms with E-state index in [1.165, 1.54) is 23.9 Å². The number of carbonyl (C=O) groups excluding carboxylic acids is 1. The van der Waals surface area contributed by atoms with Crippen LogP contribution in [0.25, 0.3) is 0 Å². The molecule has 0 saturated carbocycles. The summed E-state index contributed by atoms with van der Waals surface area (Å²) < 4.78 is 5.16. The van der Waals surface area contributed by atoms with E-state index in [0.717, 1.165) is 4.90 Å². The van der Waals surface area contributed by atoms with E-state index in [1.807, 2.05) is 6.26 Å². The second-order valence-electron chi connectivity index (χ2n) is 4.64. The van der Waals surface area contributed by atoms with E-state index in [9.17, 15) is 14.9 Å². The Morgan fingerprint density at radius 1 is 1.39 bits per heavy atom. The Labute approximate surface area is 110 Å². The lowest BCUT2D eigenvalue weighted by Crippen LogP contribution is -2.24. The van der Waals surface area contributed by atoms with Crippen LogP contribution >= 0.6 is 11.8 Å². The summed E-state index contributed by atoms with van der Waals surface area (Å²) in [5.41, 5.74) is -0.927. The summed E-state index contributed by atoms with van der Waals surface area (Å²) in [7, 11) is 0. The van der Waals surface area contributed by atoms with Crippen molar-refractivity contribution in [1.82, 2.24) is 0 Å². The molecule has 5 nitrogen and oxygen atoms in total. The first-order chi connectivity index (χ1) is 8.24. The van der Waals surface area contributed by atoms with Gasteiger partial charge in [-0.05, 0) is 39.2 Å². The second kappa shape index (κ2) is 5.39. The van der Waals surface area contributed by atoms with E-state index >= 15 is 0 Å². The van der Waals surface area contributed by atoms with Crippen LogP contribution in [0, 0.1) is 10.1 Å². The Bertz CT molecular complexity index is 479. The monoisotopic (exact) mass is 269 g/mol. The molecule has 0 N–H and O–H groups in total.